The molecule has 0 aromatic heterocycles. The molecule has 0 unspecified atom stereocenters. The monoisotopic (exact) mass is 294 g/mol. The first-order valence-corrected chi connectivity index (χ1v) is 7.66. The Balaban J connectivity index is 1.92. The average Bonchev–Trinajstić information content (AvgIpc) is 3.24. The fraction of sp³-hybridized carbons (Fsp3) is 0.429. The molecule has 0 bridgehead atoms. The lowest BCUT2D eigenvalue weighted by molar-refractivity contribution is -0.139. The van der Waals surface area contributed by atoms with Crippen molar-refractivity contribution in [3.8, 4) is 0 Å². The lowest BCUT2D eigenvalue weighted by atomic mass is 10.1. The summed E-state index contributed by atoms with van der Waals surface area (Å²) in [6.45, 7) is 0.571. The molecular formula is C14H18N2O3S. The van der Waals surface area contributed by atoms with Crippen LogP contribution in [0.25, 0.3) is 0 Å². The van der Waals surface area contributed by atoms with Crippen LogP contribution in [0, 0.1) is 0 Å². The Labute approximate surface area is 122 Å². The van der Waals surface area contributed by atoms with Crippen molar-refractivity contribution in [1.29, 1.82) is 0 Å². The Morgan fingerprint density at radius 3 is 2.50 bits per heavy atom. The number of amides is 2. The Hall–Kier alpha value is -1.69. The average molecular weight is 294 g/mol. The van der Waals surface area contributed by atoms with Gasteiger partial charge in [-0.25, -0.2) is 9.59 Å². The SMILES string of the molecule is CSC1(CNC(=O)N[C@@H](C(=O)O)c2ccccc2)CC1. The van der Waals surface area contributed by atoms with Gasteiger partial charge in [0, 0.05) is 11.3 Å². The van der Waals surface area contributed by atoms with E-state index in [1.807, 2.05) is 6.26 Å². The second-order valence-corrected chi connectivity index (χ2v) is 6.17. The van der Waals surface area contributed by atoms with E-state index in [0.717, 1.165) is 12.8 Å². The maximum absolute atomic E-state index is 11.8. The van der Waals surface area contributed by atoms with E-state index in [4.69, 9.17) is 0 Å². The van der Waals surface area contributed by atoms with Crippen LogP contribution in [0.5, 0.6) is 0 Å². The molecule has 0 aliphatic heterocycles. The maximum atomic E-state index is 11.8. The highest BCUT2D eigenvalue weighted by molar-refractivity contribution is 8.00. The maximum Gasteiger partial charge on any atom is 0.330 e. The van der Waals surface area contributed by atoms with Gasteiger partial charge in [-0.1, -0.05) is 30.3 Å². The molecule has 0 radical (unpaired) electrons. The van der Waals surface area contributed by atoms with E-state index in [2.05, 4.69) is 10.6 Å². The summed E-state index contributed by atoms with van der Waals surface area (Å²) in [4.78, 5) is 23.1. The van der Waals surface area contributed by atoms with Gasteiger partial charge in [-0.2, -0.15) is 11.8 Å². The van der Waals surface area contributed by atoms with Gasteiger partial charge in [-0.15, -0.1) is 0 Å². The molecule has 20 heavy (non-hydrogen) atoms. The number of aliphatic carboxylic acids is 1. The topological polar surface area (TPSA) is 78.4 Å². The molecule has 3 N–H and O–H groups in total. The van der Waals surface area contributed by atoms with Gasteiger partial charge in [-0.05, 0) is 24.7 Å². The lowest BCUT2D eigenvalue weighted by Crippen LogP contribution is -2.43. The fourth-order valence-corrected chi connectivity index (χ4v) is 2.68. The first kappa shape index (κ1) is 14.7. The Morgan fingerprint density at radius 1 is 1.35 bits per heavy atom. The summed E-state index contributed by atoms with van der Waals surface area (Å²) in [5.41, 5.74) is 0.557. The first-order valence-electron chi connectivity index (χ1n) is 6.44. The van der Waals surface area contributed by atoms with E-state index in [1.165, 1.54) is 0 Å². The number of urea groups is 1. The van der Waals surface area contributed by atoms with Crippen LogP contribution < -0.4 is 10.6 Å². The molecule has 1 aromatic carbocycles. The zero-order chi connectivity index (χ0) is 14.6. The van der Waals surface area contributed by atoms with Crippen molar-refractivity contribution in [3.05, 3.63) is 35.9 Å². The van der Waals surface area contributed by atoms with Crippen molar-refractivity contribution >= 4 is 23.8 Å². The molecule has 2 amide bonds. The van der Waals surface area contributed by atoms with E-state index in [-0.39, 0.29) is 4.75 Å². The lowest BCUT2D eigenvalue weighted by Gasteiger charge is -2.17. The van der Waals surface area contributed by atoms with E-state index in [1.54, 1.807) is 42.1 Å². The number of carboxylic acid groups (broad SMARTS) is 1. The molecule has 1 aliphatic rings. The molecule has 1 aliphatic carbocycles. The molecular weight excluding hydrogens is 276 g/mol. The number of hydrogen-bond acceptors (Lipinski definition) is 3. The minimum Gasteiger partial charge on any atom is -0.479 e. The second kappa shape index (κ2) is 6.17. The molecule has 2 rings (SSSR count). The number of rotatable bonds is 6. The number of benzene rings is 1. The van der Waals surface area contributed by atoms with Gasteiger partial charge in [0.15, 0.2) is 6.04 Å². The van der Waals surface area contributed by atoms with Crippen molar-refractivity contribution in [1.82, 2.24) is 10.6 Å². The smallest absolute Gasteiger partial charge is 0.330 e. The third-order valence-corrected chi connectivity index (χ3v) is 4.89. The van der Waals surface area contributed by atoms with Crippen molar-refractivity contribution in [2.75, 3.05) is 12.8 Å². The fourth-order valence-electron chi connectivity index (χ4n) is 1.95. The summed E-state index contributed by atoms with van der Waals surface area (Å²) in [6.07, 6.45) is 4.21. The number of nitrogens with one attached hydrogen (secondary N) is 2. The van der Waals surface area contributed by atoms with Gasteiger partial charge in [0.2, 0.25) is 0 Å². The van der Waals surface area contributed by atoms with E-state index in [9.17, 15) is 14.7 Å². The van der Waals surface area contributed by atoms with Gasteiger partial charge in [0.1, 0.15) is 0 Å². The van der Waals surface area contributed by atoms with Crippen LogP contribution in [0.4, 0.5) is 4.79 Å². The van der Waals surface area contributed by atoms with Gasteiger partial charge in [0.25, 0.3) is 0 Å². The van der Waals surface area contributed by atoms with Crippen LogP contribution in [-0.4, -0.2) is 34.7 Å². The van der Waals surface area contributed by atoms with Crippen molar-refractivity contribution in [2.24, 2.45) is 0 Å². The molecule has 0 spiro atoms. The molecule has 1 saturated carbocycles. The molecule has 5 nitrogen and oxygen atoms in total. The predicted octanol–water partition coefficient (Wildman–Crippen LogP) is 2.01. The Kier molecular flexibility index (Phi) is 4.54. The summed E-state index contributed by atoms with van der Waals surface area (Å²) in [7, 11) is 0. The molecule has 1 atom stereocenters. The minimum absolute atomic E-state index is 0.156. The largest absolute Gasteiger partial charge is 0.479 e. The molecule has 1 aromatic rings. The highest BCUT2D eigenvalue weighted by Crippen LogP contribution is 2.46. The minimum atomic E-state index is -1.07. The van der Waals surface area contributed by atoms with Gasteiger partial charge in [0.05, 0.1) is 0 Å². The van der Waals surface area contributed by atoms with Crippen LogP contribution in [-0.2, 0) is 4.79 Å². The number of hydrogen-bond donors (Lipinski definition) is 3. The van der Waals surface area contributed by atoms with E-state index >= 15 is 0 Å². The molecule has 1 fully saturated rings. The van der Waals surface area contributed by atoms with Crippen molar-refractivity contribution in [3.63, 3.8) is 0 Å². The molecule has 0 saturated heterocycles. The number of carboxylic acids is 1. The summed E-state index contributed by atoms with van der Waals surface area (Å²) in [6, 6.07) is 7.20. The third kappa shape index (κ3) is 3.66. The van der Waals surface area contributed by atoms with Crippen LogP contribution in [0.15, 0.2) is 30.3 Å². The van der Waals surface area contributed by atoms with Crippen LogP contribution >= 0.6 is 11.8 Å². The summed E-state index contributed by atoms with van der Waals surface area (Å²) >= 11 is 1.74. The molecule has 6 heteroatoms. The van der Waals surface area contributed by atoms with E-state index in [0.29, 0.717) is 12.1 Å². The Morgan fingerprint density at radius 2 is 2.00 bits per heavy atom. The number of thioether (sulfide) groups is 1. The summed E-state index contributed by atoms with van der Waals surface area (Å²) in [5.74, 6) is -1.07. The highest BCUT2D eigenvalue weighted by Gasteiger charge is 2.42. The first-order chi connectivity index (χ1) is 9.56. The van der Waals surface area contributed by atoms with Gasteiger partial charge in [-0.3, -0.25) is 0 Å². The quantitative estimate of drug-likeness (QED) is 0.750. The summed E-state index contributed by atoms with van der Waals surface area (Å²) in [5, 5.41) is 14.5. The number of carbonyl (C=O) groups is 2. The Bertz CT molecular complexity index is 488. The van der Waals surface area contributed by atoms with E-state index < -0.39 is 18.0 Å². The number of carbonyl (C=O) groups excluding carboxylic acids is 1. The zero-order valence-electron chi connectivity index (χ0n) is 11.3. The standard InChI is InChI=1S/C14H18N2O3S/c1-20-14(7-8-14)9-15-13(19)16-11(12(17)18)10-5-3-2-4-6-10/h2-6,11H,7-9H2,1H3,(H,17,18)(H2,15,16,19)/t11-/m1/s1. The normalized spacial score (nSPS) is 17.1. The molecule has 0 heterocycles. The van der Waals surface area contributed by atoms with Gasteiger partial charge >= 0.3 is 12.0 Å². The van der Waals surface area contributed by atoms with Crippen molar-refractivity contribution < 1.29 is 14.7 Å². The van der Waals surface area contributed by atoms with Crippen LogP contribution in [0.3, 0.4) is 0 Å². The van der Waals surface area contributed by atoms with Crippen LogP contribution in [0.1, 0.15) is 24.4 Å². The second-order valence-electron chi connectivity index (χ2n) is 4.90. The van der Waals surface area contributed by atoms with Crippen LogP contribution in [0.2, 0.25) is 0 Å². The summed E-state index contributed by atoms with van der Waals surface area (Å²) < 4.78 is 0.156. The highest BCUT2D eigenvalue weighted by atomic mass is 32.2. The van der Waals surface area contributed by atoms with Crippen molar-refractivity contribution in [2.45, 2.75) is 23.6 Å². The van der Waals surface area contributed by atoms with Gasteiger partial charge < -0.3 is 15.7 Å². The zero-order valence-corrected chi connectivity index (χ0v) is 12.1. The predicted molar refractivity (Wildman–Crippen MR) is 78.8 cm³/mol. The third-order valence-electron chi connectivity index (χ3n) is 3.47. The molecule has 108 valence electrons.